The minimum absolute atomic E-state index is 0.220. The molecule has 0 atom stereocenters. The second kappa shape index (κ2) is 9.22. The highest BCUT2D eigenvalue weighted by Gasteiger charge is 2.24. The molecule has 5 nitrogen and oxygen atoms in total. The lowest BCUT2D eigenvalue weighted by Crippen LogP contribution is -2.06. The predicted octanol–water partition coefficient (Wildman–Crippen LogP) is 5.40. The van der Waals surface area contributed by atoms with E-state index in [1.165, 1.54) is 0 Å². The molecule has 1 aliphatic rings. The summed E-state index contributed by atoms with van der Waals surface area (Å²) in [7, 11) is 0. The van der Waals surface area contributed by atoms with Gasteiger partial charge in [0.05, 0.1) is 0 Å². The van der Waals surface area contributed by atoms with Crippen LogP contribution in [0.4, 0.5) is 0 Å². The van der Waals surface area contributed by atoms with Gasteiger partial charge in [0.2, 0.25) is 5.90 Å². The van der Waals surface area contributed by atoms with Crippen LogP contribution in [-0.4, -0.2) is 17.8 Å². The van der Waals surface area contributed by atoms with Crippen molar-refractivity contribution >= 4 is 23.9 Å². The van der Waals surface area contributed by atoms with Gasteiger partial charge >= 0.3 is 11.9 Å². The maximum Gasteiger partial charge on any atom is 0.363 e. The van der Waals surface area contributed by atoms with Crippen molar-refractivity contribution in [1.29, 1.82) is 0 Å². The first-order valence-electron chi connectivity index (χ1n) is 10.1. The molecule has 31 heavy (non-hydrogen) atoms. The van der Waals surface area contributed by atoms with Crippen LogP contribution in [0.3, 0.4) is 0 Å². The molecule has 0 fully saturated rings. The van der Waals surface area contributed by atoms with Gasteiger partial charge in [-0.15, -0.1) is 0 Å². The third-order valence-corrected chi connectivity index (χ3v) is 4.73. The Kier molecular flexibility index (Phi) is 6.03. The average Bonchev–Trinajstić information content (AvgIpc) is 3.16. The highest BCUT2D eigenvalue weighted by molar-refractivity contribution is 6.13. The van der Waals surface area contributed by atoms with E-state index in [-0.39, 0.29) is 17.6 Å². The molecule has 3 aromatic carbocycles. The van der Waals surface area contributed by atoms with Gasteiger partial charge in [0.15, 0.2) is 5.70 Å². The highest BCUT2D eigenvalue weighted by atomic mass is 16.6. The molecule has 1 heterocycles. The Balaban J connectivity index is 1.49. The van der Waals surface area contributed by atoms with Gasteiger partial charge in [-0.1, -0.05) is 61.5 Å². The molecule has 0 unspecified atom stereocenters. The normalized spacial score (nSPS) is 14.3. The Labute approximate surface area is 180 Å². The number of hydrogen-bond acceptors (Lipinski definition) is 5. The van der Waals surface area contributed by atoms with Gasteiger partial charge in [0, 0.05) is 12.0 Å². The summed E-state index contributed by atoms with van der Waals surface area (Å²) in [6.07, 6.45) is 2.76. The molecule has 0 radical (unpaired) electrons. The average molecular weight is 411 g/mol. The fourth-order valence-electron chi connectivity index (χ4n) is 3.15. The largest absolute Gasteiger partial charge is 0.427 e. The van der Waals surface area contributed by atoms with E-state index in [1.54, 1.807) is 30.3 Å². The van der Waals surface area contributed by atoms with Gasteiger partial charge in [0.25, 0.3) is 0 Å². The molecule has 0 aliphatic carbocycles. The van der Waals surface area contributed by atoms with Crippen molar-refractivity contribution in [2.24, 2.45) is 4.99 Å². The Hall–Kier alpha value is -3.99. The lowest BCUT2D eigenvalue weighted by molar-refractivity contribution is -0.134. The van der Waals surface area contributed by atoms with Crippen molar-refractivity contribution in [2.75, 3.05) is 0 Å². The summed E-state index contributed by atoms with van der Waals surface area (Å²) in [4.78, 5) is 28.2. The number of rotatable bonds is 6. The van der Waals surface area contributed by atoms with Gasteiger partial charge in [-0.25, -0.2) is 9.79 Å². The number of carbonyl (C=O) groups is 2. The van der Waals surface area contributed by atoms with Gasteiger partial charge in [-0.3, -0.25) is 4.79 Å². The quantitative estimate of drug-likeness (QED) is 0.309. The van der Waals surface area contributed by atoms with Crippen LogP contribution in [0.15, 0.2) is 89.6 Å². The predicted molar refractivity (Wildman–Crippen MR) is 119 cm³/mol. The topological polar surface area (TPSA) is 65.0 Å². The van der Waals surface area contributed by atoms with E-state index < -0.39 is 5.97 Å². The first-order valence-corrected chi connectivity index (χ1v) is 10.1. The highest BCUT2D eigenvalue weighted by Crippen LogP contribution is 2.23. The zero-order valence-electron chi connectivity index (χ0n) is 17.1. The third kappa shape index (κ3) is 4.95. The van der Waals surface area contributed by atoms with Crippen molar-refractivity contribution < 1.29 is 19.1 Å². The monoisotopic (exact) mass is 411 g/mol. The van der Waals surface area contributed by atoms with E-state index in [4.69, 9.17) is 9.47 Å². The molecule has 154 valence electrons. The molecule has 4 rings (SSSR count). The molecule has 0 spiro atoms. The first kappa shape index (κ1) is 20.3. The number of benzene rings is 3. The molecule has 0 saturated heterocycles. The first-order chi connectivity index (χ1) is 15.1. The van der Waals surface area contributed by atoms with E-state index in [1.807, 2.05) is 61.5 Å². The van der Waals surface area contributed by atoms with Crippen LogP contribution in [0.2, 0.25) is 0 Å². The number of esters is 2. The molecule has 0 amide bonds. The summed E-state index contributed by atoms with van der Waals surface area (Å²) < 4.78 is 10.6. The summed E-state index contributed by atoms with van der Waals surface area (Å²) in [5.74, 6) is -0.0145. The fraction of sp³-hybridized carbons (Fsp3) is 0.115. The van der Waals surface area contributed by atoms with Crippen LogP contribution in [0.25, 0.3) is 17.2 Å². The maximum absolute atomic E-state index is 12.3. The van der Waals surface area contributed by atoms with Crippen LogP contribution in [0, 0.1) is 0 Å². The van der Waals surface area contributed by atoms with Gasteiger partial charge < -0.3 is 9.47 Å². The Bertz CT molecular complexity index is 1140. The van der Waals surface area contributed by atoms with E-state index >= 15 is 0 Å². The smallest absolute Gasteiger partial charge is 0.363 e. The molecule has 0 aromatic heterocycles. The summed E-state index contributed by atoms with van der Waals surface area (Å²) in [6.45, 7) is 1.92. The van der Waals surface area contributed by atoms with E-state index in [2.05, 4.69) is 4.99 Å². The van der Waals surface area contributed by atoms with Gasteiger partial charge in [-0.2, -0.15) is 0 Å². The van der Waals surface area contributed by atoms with Crippen molar-refractivity contribution in [3.8, 4) is 16.9 Å². The molecule has 0 bridgehead atoms. The minimum atomic E-state index is -0.499. The molecule has 0 N–H and O–H groups in total. The van der Waals surface area contributed by atoms with Crippen LogP contribution >= 0.6 is 0 Å². The zero-order valence-corrected chi connectivity index (χ0v) is 17.1. The van der Waals surface area contributed by atoms with E-state index in [0.717, 1.165) is 28.7 Å². The second-order valence-electron chi connectivity index (χ2n) is 7.07. The van der Waals surface area contributed by atoms with E-state index in [0.29, 0.717) is 12.2 Å². The lowest BCUT2D eigenvalue weighted by Gasteiger charge is -2.03. The Morgan fingerprint density at radius 2 is 1.55 bits per heavy atom. The number of ether oxygens (including phenoxy) is 2. The van der Waals surface area contributed by atoms with Crippen LogP contribution in [-0.2, 0) is 14.3 Å². The Morgan fingerprint density at radius 1 is 0.903 bits per heavy atom. The standard InChI is InChI=1S/C26H21NO4/c1-2-6-24(28)30-22-15-9-18(10-16-22)17-23-26(29)31-25(27-23)21-13-11-20(12-14-21)19-7-4-3-5-8-19/h3-5,7-17H,2,6H2,1H3/b23-17-. The summed E-state index contributed by atoms with van der Waals surface area (Å²) in [6, 6.07) is 24.7. The molecule has 1 aliphatic heterocycles. The van der Waals surface area contributed by atoms with Crippen molar-refractivity contribution in [3.05, 3.63) is 95.7 Å². The lowest BCUT2D eigenvalue weighted by atomic mass is 10.0. The summed E-state index contributed by atoms with van der Waals surface area (Å²) in [5.41, 5.74) is 3.90. The molecule has 3 aromatic rings. The van der Waals surface area contributed by atoms with Crippen LogP contribution in [0.5, 0.6) is 5.75 Å². The van der Waals surface area contributed by atoms with Crippen molar-refractivity contribution in [3.63, 3.8) is 0 Å². The third-order valence-electron chi connectivity index (χ3n) is 4.73. The minimum Gasteiger partial charge on any atom is -0.427 e. The zero-order chi connectivity index (χ0) is 21.6. The number of nitrogens with zero attached hydrogens (tertiary/aromatic N) is 1. The summed E-state index contributed by atoms with van der Waals surface area (Å²) in [5, 5.41) is 0. The van der Waals surface area contributed by atoms with Gasteiger partial charge in [-0.05, 0) is 53.5 Å². The number of carbonyl (C=O) groups excluding carboxylic acids is 2. The molecular weight excluding hydrogens is 390 g/mol. The number of hydrogen-bond donors (Lipinski definition) is 0. The van der Waals surface area contributed by atoms with Crippen molar-refractivity contribution in [1.82, 2.24) is 0 Å². The second-order valence-corrected chi connectivity index (χ2v) is 7.07. The van der Waals surface area contributed by atoms with E-state index in [9.17, 15) is 9.59 Å². The number of aliphatic imine (C=N–C) groups is 1. The molecule has 5 heteroatoms. The number of cyclic esters (lactones) is 1. The van der Waals surface area contributed by atoms with Gasteiger partial charge in [0.1, 0.15) is 5.75 Å². The molecular formula is C26H21NO4. The molecule has 0 saturated carbocycles. The fourth-order valence-corrected chi connectivity index (χ4v) is 3.15. The van der Waals surface area contributed by atoms with Crippen LogP contribution in [0.1, 0.15) is 30.9 Å². The van der Waals surface area contributed by atoms with Crippen molar-refractivity contribution in [2.45, 2.75) is 19.8 Å². The maximum atomic E-state index is 12.3. The Morgan fingerprint density at radius 3 is 2.23 bits per heavy atom. The summed E-state index contributed by atoms with van der Waals surface area (Å²) >= 11 is 0. The van der Waals surface area contributed by atoms with Crippen LogP contribution < -0.4 is 4.74 Å². The SMILES string of the molecule is CCCC(=O)Oc1ccc(/C=C2\N=C(c3ccc(-c4ccccc4)cc3)OC2=O)cc1.